The number of aldehydes is 1. The van der Waals surface area contributed by atoms with Crippen molar-refractivity contribution in [3.8, 4) is 11.3 Å². The fourth-order valence-electron chi connectivity index (χ4n) is 1.45. The first kappa shape index (κ1) is 8.68. The average molecular weight is 190 g/mol. The predicted molar refractivity (Wildman–Crippen MR) is 50.9 cm³/mol. The number of aromatic amines is 1. The molecule has 0 spiro atoms. The van der Waals surface area contributed by atoms with Gasteiger partial charge in [-0.2, -0.15) is 10.2 Å². The second-order valence-corrected chi connectivity index (χ2v) is 3.12. The van der Waals surface area contributed by atoms with Gasteiger partial charge >= 0.3 is 0 Å². The van der Waals surface area contributed by atoms with Gasteiger partial charge in [0.15, 0.2) is 6.29 Å². The largest absolute Gasteiger partial charge is 0.298 e. The summed E-state index contributed by atoms with van der Waals surface area (Å²) in [6.45, 7) is 1.89. The molecule has 0 aromatic carbocycles. The van der Waals surface area contributed by atoms with Gasteiger partial charge in [-0.05, 0) is 6.92 Å². The van der Waals surface area contributed by atoms with Crippen molar-refractivity contribution in [2.45, 2.75) is 6.92 Å². The Morgan fingerprint density at radius 1 is 1.57 bits per heavy atom. The SMILES string of the molecule is Cc1nn(C)cc1-c1[nH]ncc1C=O. The third-order valence-electron chi connectivity index (χ3n) is 2.08. The van der Waals surface area contributed by atoms with Gasteiger partial charge in [-0.25, -0.2) is 0 Å². The number of carbonyl (C=O) groups is 1. The number of hydrogen-bond acceptors (Lipinski definition) is 3. The van der Waals surface area contributed by atoms with Crippen molar-refractivity contribution >= 4 is 6.29 Å². The van der Waals surface area contributed by atoms with Crippen LogP contribution >= 0.6 is 0 Å². The van der Waals surface area contributed by atoms with Gasteiger partial charge in [0.05, 0.1) is 23.1 Å². The summed E-state index contributed by atoms with van der Waals surface area (Å²) in [5, 5.41) is 10.8. The Morgan fingerprint density at radius 2 is 2.36 bits per heavy atom. The molecule has 1 N–H and O–H groups in total. The minimum absolute atomic E-state index is 0.557. The van der Waals surface area contributed by atoms with Crippen LogP contribution < -0.4 is 0 Å². The number of nitrogens with one attached hydrogen (secondary N) is 1. The van der Waals surface area contributed by atoms with Gasteiger partial charge < -0.3 is 0 Å². The summed E-state index contributed by atoms with van der Waals surface area (Å²) >= 11 is 0. The van der Waals surface area contributed by atoms with Crippen LogP contribution in [-0.4, -0.2) is 26.3 Å². The van der Waals surface area contributed by atoms with E-state index in [4.69, 9.17) is 0 Å². The van der Waals surface area contributed by atoms with Gasteiger partial charge in [-0.3, -0.25) is 14.6 Å². The minimum Gasteiger partial charge on any atom is -0.298 e. The number of aryl methyl sites for hydroxylation is 2. The monoisotopic (exact) mass is 190 g/mol. The van der Waals surface area contributed by atoms with E-state index in [0.717, 1.165) is 23.2 Å². The molecule has 0 amide bonds. The lowest BCUT2D eigenvalue weighted by atomic mass is 10.1. The third kappa shape index (κ3) is 1.22. The zero-order chi connectivity index (χ0) is 10.1. The summed E-state index contributed by atoms with van der Waals surface area (Å²) < 4.78 is 1.71. The number of aromatic nitrogens is 4. The van der Waals surface area contributed by atoms with Gasteiger partial charge in [0, 0.05) is 18.8 Å². The molecule has 72 valence electrons. The van der Waals surface area contributed by atoms with E-state index in [9.17, 15) is 4.79 Å². The first-order valence-electron chi connectivity index (χ1n) is 4.21. The van der Waals surface area contributed by atoms with Crippen molar-refractivity contribution < 1.29 is 4.79 Å². The quantitative estimate of drug-likeness (QED) is 0.716. The highest BCUT2D eigenvalue weighted by Crippen LogP contribution is 2.22. The maximum Gasteiger partial charge on any atom is 0.153 e. The summed E-state index contributed by atoms with van der Waals surface area (Å²) in [5.74, 6) is 0. The van der Waals surface area contributed by atoms with E-state index < -0.39 is 0 Å². The van der Waals surface area contributed by atoms with E-state index in [1.165, 1.54) is 6.20 Å². The van der Waals surface area contributed by atoms with Crippen LogP contribution in [0.1, 0.15) is 16.1 Å². The van der Waals surface area contributed by atoms with Gasteiger partial charge in [0.25, 0.3) is 0 Å². The number of H-pyrrole nitrogens is 1. The number of rotatable bonds is 2. The highest BCUT2D eigenvalue weighted by molar-refractivity contribution is 5.85. The first-order chi connectivity index (χ1) is 6.72. The van der Waals surface area contributed by atoms with Crippen molar-refractivity contribution in [3.63, 3.8) is 0 Å². The molecular weight excluding hydrogens is 180 g/mol. The first-order valence-corrected chi connectivity index (χ1v) is 4.21. The molecule has 0 saturated heterocycles. The molecule has 0 radical (unpaired) electrons. The maximum atomic E-state index is 10.7. The van der Waals surface area contributed by atoms with Crippen molar-refractivity contribution in [3.05, 3.63) is 23.7 Å². The van der Waals surface area contributed by atoms with Gasteiger partial charge in [-0.15, -0.1) is 0 Å². The van der Waals surface area contributed by atoms with Crippen molar-refractivity contribution in [2.75, 3.05) is 0 Å². The van der Waals surface area contributed by atoms with E-state index in [2.05, 4.69) is 15.3 Å². The van der Waals surface area contributed by atoms with Crippen LogP contribution in [0.15, 0.2) is 12.4 Å². The summed E-state index contributed by atoms with van der Waals surface area (Å²) in [5.41, 5.74) is 3.07. The average Bonchev–Trinajstić information content (AvgIpc) is 2.71. The standard InChI is InChI=1S/C9H10N4O/c1-6-8(4-13(2)12-6)9-7(5-14)3-10-11-9/h3-5H,1-2H3,(H,10,11). The van der Waals surface area contributed by atoms with Crippen LogP contribution in [0.3, 0.4) is 0 Å². The van der Waals surface area contributed by atoms with Crippen molar-refractivity contribution in [1.82, 2.24) is 20.0 Å². The molecule has 0 bridgehead atoms. The zero-order valence-corrected chi connectivity index (χ0v) is 7.98. The Hall–Kier alpha value is -1.91. The normalized spacial score (nSPS) is 10.4. The molecule has 2 heterocycles. The number of hydrogen-bond donors (Lipinski definition) is 1. The second-order valence-electron chi connectivity index (χ2n) is 3.12. The third-order valence-corrected chi connectivity index (χ3v) is 2.08. The molecular formula is C9H10N4O. The van der Waals surface area contributed by atoms with Crippen molar-refractivity contribution in [1.29, 1.82) is 0 Å². The highest BCUT2D eigenvalue weighted by atomic mass is 16.1. The maximum absolute atomic E-state index is 10.7. The van der Waals surface area contributed by atoms with Crippen LogP contribution in [0, 0.1) is 6.92 Å². The molecule has 5 heteroatoms. The molecule has 0 fully saturated rings. The molecule has 0 aliphatic carbocycles. The predicted octanol–water partition coefficient (Wildman–Crippen LogP) is 0.931. The molecule has 2 aromatic rings. The molecule has 0 unspecified atom stereocenters. The van der Waals surface area contributed by atoms with Crippen LogP contribution in [0.5, 0.6) is 0 Å². The van der Waals surface area contributed by atoms with E-state index in [0.29, 0.717) is 5.56 Å². The molecule has 5 nitrogen and oxygen atoms in total. The highest BCUT2D eigenvalue weighted by Gasteiger charge is 2.11. The molecule has 2 aromatic heterocycles. The van der Waals surface area contributed by atoms with E-state index >= 15 is 0 Å². The van der Waals surface area contributed by atoms with E-state index in [1.807, 2.05) is 20.2 Å². The van der Waals surface area contributed by atoms with Crippen LogP contribution in [0.25, 0.3) is 11.3 Å². The molecule has 0 atom stereocenters. The summed E-state index contributed by atoms with van der Waals surface area (Å²) in [6, 6.07) is 0. The Bertz CT molecular complexity index is 469. The topological polar surface area (TPSA) is 63.6 Å². The fourth-order valence-corrected chi connectivity index (χ4v) is 1.45. The Kier molecular flexibility index (Phi) is 1.92. The van der Waals surface area contributed by atoms with Crippen molar-refractivity contribution in [2.24, 2.45) is 7.05 Å². The molecule has 0 aliphatic heterocycles. The van der Waals surface area contributed by atoms with E-state index in [-0.39, 0.29) is 0 Å². The zero-order valence-electron chi connectivity index (χ0n) is 7.98. The Labute approximate surface area is 80.7 Å². The Balaban J connectivity index is 2.59. The van der Waals surface area contributed by atoms with Crippen LogP contribution in [0.4, 0.5) is 0 Å². The second kappa shape index (κ2) is 3.10. The minimum atomic E-state index is 0.557. The van der Waals surface area contributed by atoms with Gasteiger partial charge in [0.1, 0.15) is 0 Å². The fraction of sp³-hybridized carbons (Fsp3) is 0.222. The molecule has 0 saturated carbocycles. The molecule has 14 heavy (non-hydrogen) atoms. The smallest absolute Gasteiger partial charge is 0.153 e. The van der Waals surface area contributed by atoms with Gasteiger partial charge in [0.2, 0.25) is 0 Å². The summed E-state index contributed by atoms with van der Waals surface area (Å²) in [6.07, 6.45) is 4.15. The lowest BCUT2D eigenvalue weighted by Crippen LogP contribution is -1.86. The molecule has 0 aliphatic rings. The Morgan fingerprint density at radius 3 is 2.93 bits per heavy atom. The van der Waals surface area contributed by atoms with Gasteiger partial charge in [-0.1, -0.05) is 0 Å². The lowest BCUT2D eigenvalue weighted by molar-refractivity contribution is 0.112. The lowest BCUT2D eigenvalue weighted by Gasteiger charge is -1.93. The van der Waals surface area contributed by atoms with E-state index in [1.54, 1.807) is 4.68 Å². The number of carbonyl (C=O) groups excluding carboxylic acids is 1. The van der Waals surface area contributed by atoms with Crippen LogP contribution in [-0.2, 0) is 7.05 Å². The van der Waals surface area contributed by atoms with Crippen LogP contribution in [0.2, 0.25) is 0 Å². The summed E-state index contributed by atoms with van der Waals surface area (Å²) in [7, 11) is 1.84. The molecule has 2 rings (SSSR count). The number of nitrogens with zero attached hydrogens (tertiary/aromatic N) is 3. The summed E-state index contributed by atoms with van der Waals surface area (Å²) in [4.78, 5) is 10.7.